The maximum Gasteiger partial charge on any atom is 0.142 e. The van der Waals surface area contributed by atoms with E-state index < -0.39 is 0 Å². The smallest absolute Gasteiger partial charge is 0.142 e. The van der Waals surface area contributed by atoms with Gasteiger partial charge in [0.2, 0.25) is 0 Å². The molecule has 1 unspecified atom stereocenters. The lowest BCUT2D eigenvalue weighted by Crippen LogP contribution is -2.18. The van der Waals surface area contributed by atoms with Crippen LogP contribution < -0.4 is 10.1 Å². The molecule has 1 aliphatic rings. The van der Waals surface area contributed by atoms with Crippen LogP contribution in [0.4, 0.5) is 5.69 Å². The Morgan fingerprint density at radius 3 is 2.50 bits per heavy atom. The standard InChI is InChI=1S/C14H21NO/c1-10(2)16-14-7-5-4-6-13(14)15-11(3)12-8-9-12/h4-7,10-12,15H,8-9H2,1-3H3. The molecule has 0 spiro atoms. The summed E-state index contributed by atoms with van der Waals surface area (Å²) in [4.78, 5) is 0. The lowest BCUT2D eigenvalue weighted by atomic mass is 10.2. The lowest BCUT2D eigenvalue weighted by molar-refractivity contribution is 0.243. The number of hydrogen-bond donors (Lipinski definition) is 1. The fourth-order valence-corrected chi connectivity index (χ4v) is 1.90. The Bertz CT molecular complexity index is 344. The van der Waals surface area contributed by atoms with Gasteiger partial charge in [-0.2, -0.15) is 0 Å². The van der Waals surface area contributed by atoms with Crippen LogP contribution in [0.1, 0.15) is 33.6 Å². The molecule has 0 heterocycles. The number of hydrogen-bond acceptors (Lipinski definition) is 2. The van der Waals surface area contributed by atoms with E-state index in [-0.39, 0.29) is 6.10 Å². The zero-order valence-corrected chi connectivity index (χ0v) is 10.4. The van der Waals surface area contributed by atoms with Crippen LogP contribution in [-0.4, -0.2) is 12.1 Å². The molecule has 1 saturated carbocycles. The predicted molar refractivity (Wildman–Crippen MR) is 68.0 cm³/mol. The highest BCUT2D eigenvalue weighted by atomic mass is 16.5. The van der Waals surface area contributed by atoms with Gasteiger partial charge in [0, 0.05) is 6.04 Å². The Morgan fingerprint density at radius 1 is 1.19 bits per heavy atom. The van der Waals surface area contributed by atoms with Crippen molar-refractivity contribution < 1.29 is 4.74 Å². The predicted octanol–water partition coefficient (Wildman–Crippen LogP) is 3.68. The van der Waals surface area contributed by atoms with Gasteiger partial charge in [0.15, 0.2) is 0 Å². The molecular formula is C14H21NO. The first-order chi connectivity index (χ1) is 7.66. The summed E-state index contributed by atoms with van der Waals surface area (Å²) in [6.45, 7) is 6.37. The number of para-hydroxylation sites is 2. The molecule has 16 heavy (non-hydrogen) atoms. The van der Waals surface area contributed by atoms with E-state index in [1.54, 1.807) is 0 Å². The third-order valence-corrected chi connectivity index (χ3v) is 2.96. The zero-order valence-electron chi connectivity index (χ0n) is 10.4. The first-order valence-electron chi connectivity index (χ1n) is 6.19. The molecule has 1 aromatic rings. The van der Waals surface area contributed by atoms with Crippen molar-refractivity contribution in [2.45, 2.75) is 45.8 Å². The van der Waals surface area contributed by atoms with Gasteiger partial charge >= 0.3 is 0 Å². The molecule has 1 N–H and O–H groups in total. The number of anilines is 1. The Hall–Kier alpha value is -1.18. The second-order valence-corrected chi connectivity index (χ2v) is 4.93. The number of rotatable bonds is 5. The highest BCUT2D eigenvalue weighted by Crippen LogP contribution is 2.35. The minimum absolute atomic E-state index is 0.221. The topological polar surface area (TPSA) is 21.3 Å². The molecular weight excluding hydrogens is 198 g/mol. The van der Waals surface area contributed by atoms with Crippen LogP contribution in [0.5, 0.6) is 5.75 Å². The molecule has 0 aliphatic heterocycles. The first-order valence-corrected chi connectivity index (χ1v) is 6.19. The molecule has 1 atom stereocenters. The van der Waals surface area contributed by atoms with E-state index in [0.717, 1.165) is 17.4 Å². The summed E-state index contributed by atoms with van der Waals surface area (Å²) in [7, 11) is 0. The van der Waals surface area contributed by atoms with Gasteiger partial charge in [0.05, 0.1) is 11.8 Å². The van der Waals surface area contributed by atoms with Crippen LogP contribution in [0, 0.1) is 5.92 Å². The van der Waals surface area contributed by atoms with Crippen molar-refractivity contribution in [2.75, 3.05) is 5.32 Å². The van der Waals surface area contributed by atoms with Crippen LogP contribution in [0.2, 0.25) is 0 Å². The maximum atomic E-state index is 5.78. The SMILES string of the molecule is CC(C)Oc1ccccc1NC(C)C1CC1. The summed E-state index contributed by atoms with van der Waals surface area (Å²) in [6.07, 6.45) is 2.95. The summed E-state index contributed by atoms with van der Waals surface area (Å²) in [5.74, 6) is 1.82. The molecule has 1 fully saturated rings. The summed E-state index contributed by atoms with van der Waals surface area (Å²) < 4.78 is 5.78. The van der Waals surface area contributed by atoms with Crippen LogP contribution in [0.3, 0.4) is 0 Å². The monoisotopic (exact) mass is 219 g/mol. The Labute approximate surface area is 98.0 Å². The molecule has 0 bridgehead atoms. The molecule has 1 aliphatic carbocycles. The third kappa shape index (κ3) is 2.91. The molecule has 2 nitrogen and oxygen atoms in total. The van der Waals surface area contributed by atoms with Crippen molar-refractivity contribution in [1.82, 2.24) is 0 Å². The quantitative estimate of drug-likeness (QED) is 0.815. The van der Waals surface area contributed by atoms with Gasteiger partial charge in [-0.1, -0.05) is 12.1 Å². The maximum absolute atomic E-state index is 5.78. The van der Waals surface area contributed by atoms with Crippen LogP contribution in [0.15, 0.2) is 24.3 Å². The number of nitrogens with one attached hydrogen (secondary N) is 1. The zero-order chi connectivity index (χ0) is 11.5. The van der Waals surface area contributed by atoms with E-state index in [1.807, 2.05) is 12.1 Å². The average Bonchev–Trinajstić information content (AvgIpc) is 3.03. The second-order valence-electron chi connectivity index (χ2n) is 4.93. The van der Waals surface area contributed by atoms with Gasteiger partial charge in [-0.25, -0.2) is 0 Å². The van der Waals surface area contributed by atoms with Crippen LogP contribution in [-0.2, 0) is 0 Å². The minimum Gasteiger partial charge on any atom is -0.489 e. The Balaban J connectivity index is 2.05. The molecule has 0 aromatic heterocycles. The molecule has 1 aromatic carbocycles. The minimum atomic E-state index is 0.221. The molecule has 0 saturated heterocycles. The first kappa shape index (κ1) is 11.3. The Morgan fingerprint density at radius 2 is 1.88 bits per heavy atom. The normalized spacial score (nSPS) is 17.2. The molecule has 2 rings (SSSR count). The summed E-state index contributed by atoms with van der Waals surface area (Å²) >= 11 is 0. The average molecular weight is 219 g/mol. The summed E-state index contributed by atoms with van der Waals surface area (Å²) in [5.41, 5.74) is 1.12. The van der Waals surface area contributed by atoms with Crippen molar-refractivity contribution >= 4 is 5.69 Å². The van der Waals surface area contributed by atoms with Crippen molar-refractivity contribution in [3.63, 3.8) is 0 Å². The molecule has 2 heteroatoms. The molecule has 0 radical (unpaired) electrons. The van der Waals surface area contributed by atoms with Crippen LogP contribution in [0.25, 0.3) is 0 Å². The number of ether oxygens (including phenoxy) is 1. The van der Waals surface area contributed by atoms with E-state index >= 15 is 0 Å². The summed E-state index contributed by atoms with van der Waals surface area (Å²) in [6, 6.07) is 8.75. The fourth-order valence-electron chi connectivity index (χ4n) is 1.90. The van der Waals surface area contributed by atoms with Crippen LogP contribution >= 0.6 is 0 Å². The largest absolute Gasteiger partial charge is 0.489 e. The van der Waals surface area contributed by atoms with E-state index in [1.165, 1.54) is 12.8 Å². The van der Waals surface area contributed by atoms with Gasteiger partial charge < -0.3 is 10.1 Å². The van der Waals surface area contributed by atoms with Crippen molar-refractivity contribution in [3.8, 4) is 5.75 Å². The second kappa shape index (κ2) is 4.77. The van der Waals surface area contributed by atoms with Gasteiger partial charge in [0.1, 0.15) is 5.75 Å². The van der Waals surface area contributed by atoms with Crippen molar-refractivity contribution in [3.05, 3.63) is 24.3 Å². The van der Waals surface area contributed by atoms with Gasteiger partial charge in [-0.15, -0.1) is 0 Å². The van der Waals surface area contributed by atoms with E-state index in [9.17, 15) is 0 Å². The van der Waals surface area contributed by atoms with Gasteiger partial charge in [0.25, 0.3) is 0 Å². The number of benzene rings is 1. The summed E-state index contributed by atoms with van der Waals surface area (Å²) in [5, 5.41) is 3.55. The van der Waals surface area contributed by atoms with E-state index in [0.29, 0.717) is 6.04 Å². The van der Waals surface area contributed by atoms with E-state index in [4.69, 9.17) is 4.74 Å². The third-order valence-electron chi connectivity index (χ3n) is 2.96. The lowest BCUT2D eigenvalue weighted by Gasteiger charge is -2.19. The van der Waals surface area contributed by atoms with Crippen molar-refractivity contribution in [1.29, 1.82) is 0 Å². The molecule has 0 amide bonds. The van der Waals surface area contributed by atoms with E-state index in [2.05, 4.69) is 38.2 Å². The fraction of sp³-hybridized carbons (Fsp3) is 0.571. The molecule has 88 valence electrons. The van der Waals surface area contributed by atoms with Gasteiger partial charge in [-0.3, -0.25) is 0 Å². The highest BCUT2D eigenvalue weighted by molar-refractivity contribution is 5.56. The van der Waals surface area contributed by atoms with Crippen molar-refractivity contribution in [2.24, 2.45) is 5.92 Å². The van der Waals surface area contributed by atoms with Gasteiger partial charge in [-0.05, 0) is 51.7 Å². The highest BCUT2D eigenvalue weighted by Gasteiger charge is 2.28. The Kier molecular flexibility index (Phi) is 3.37.